The Balaban J connectivity index is 1.83. The minimum absolute atomic E-state index is 0.137. The number of ether oxygens (including phenoxy) is 9. The fraction of sp³-hybridized carbons (Fsp3) is 0.976. The fourth-order valence-electron chi connectivity index (χ4n) is 10.0. The van der Waals surface area contributed by atoms with Gasteiger partial charge in [-0.2, -0.15) is 0 Å². The van der Waals surface area contributed by atoms with Gasteiger partial charge < -0.3 is 68.0 Å². The first-order chi connectivity index (χ1) is 27.0. The number of fused-ring (bicyclic) bond motifs is 2. The van der Waals surface area contributed by atoms with Crippen molar-refractivity contribution in [2.45, 2.75) is 191 Å². The number of carbonyl (C=O) groups is 1. The lowest BCUT2D eigenvalue weighted by atomic mass is 9.71. The Hall–Kier alpha value is -1.09. The van der Waals surface area contributed by atoms with Crippen molar-refractivity contribution >= 4 is 5.97 Å². The number of nitrogens with one attached hydrogen (secondary N) is 1. The molecule has 4 saturated heterocycles. The lowest BCUT2D eigenvalue weighted by Gasteiger charge is -2.52. The molecule has 16 nitrogen and oxygen atoms in total. The molecule has 4 aliphatic heterocycles. The van der Waals surface area contributed by atoms with Crippen LogP contribution < -0.4 is 5.32 Å². The predicted octanol–water partition coefficient (Wildman–Crippen LogP) is 2.20. The summed E-state index contributed by atoms with van der Waals surface area (Å²) < 4.78 is 55.7. The van der Waals surface area contributed by atoms with E-state index in [0.717, 1.165) is 0 Å². The van der Waals surface area contributed by atoms with E-state index in [0.29, 0.717) is 19.6 Å². The van der Waals surface area contributed by atoms with Crippen molar-refractivity contribution in [1.29, 1.82) is 0 Å². The number of likely N-dealkylation sites (N-methyl/N-ethyl adjacent to an activating group) is 1. The standard InChI is InChI=1S/C42H78N2O14/c1-15-29-42(10,49)37-24(4)32(43-30(56-37)21-52-17-16-50-13)22(2)19-40(8,48)36(58-39-33(45)28(44(11)12)18-23(3)53-39)25(5)34(26(6)38(47)55-29)57-31-20-41(9,51-14)35(46)27(7)54-31/h22-37,39,43,45-46,48-49H,15-21H2,1-14H3/t22-,23+,24+,25-,26+,27-,28-,29-,30-,31+,32+,33-,34+,35+,36-,37-,39-,40+,41-,42+/m0/s1. The molecule has 4 fully saturated rings. The van der Waals surface area contributed by atoms with Gasteiger partial charge in [0.1, 0.15) is 30.1 Å². The molecular weight excluding hydrogens is 756 g/mol. The zero-order chi connectivity index (χ0) is 43.5. The fourth-order valence-corrected chi connectivity index (χ4v) is 10.0. The Kier molecular flexibility index (Phi) is 17.4. The van der Waals surface area contributed by atoms with Crippen LogP contribution in [0.1, 0.15) is 94.9 Å². The molecule has 0 amide bonds. The Morgan fingerprint density at radius 3 is 2.19 bits per heavy atom. The third kappa shape index (κ3) is 11.1. The first-order valence-corrected chi connectivity index (χ1v) is 21.4. The molecule has 0 spiro atoms. The van der Waals surface area contributed by atoms with Gasteiger partial charge >= 0.3 is 5.97 Å². The highest BCUT2D eigenvalue weighted by atomic mass is 16.7. The van der Waals surface area contributed by atoms with Crippen LogP contribution in [-0.2, 0) is 47.4 Å². The topological polar surface area (TPSA) is 196 Å². The van der Waals surface area contributed by atoms with Gasteiger partial charge in [-0.25, -0.2) is 0 Å². The van der Waals surface area contributed by atoms with E-state index in [2.05, 4.69) is 5.32 Å². The van der Waals surface area contributed by atoms with E-state index in [1.165, 1.54) is 7.11 Å². The van der Waals surface area contributed by atoms with Gasteiger partial charge in [-0.3, -0.25) is 10.1 Å². The van der Waals surface area contributed by atoms with Gasteiger partial charge in [0, 0.05) is 44.6 Å². The molecule has 0 aromatic carbocycles. The quantitative estimate of drug-likeness (QED) is 0.142. The van der Waals surface area contributed by atoms with Crippen LogP contribution in [0.2, 0.25) is 0 Å². The number of rotatable bonds is 12. The number of aliphatic hydroxyl groups excluding tert-OH is 2. The summed E-state index contributed by atoms with van der Waals surface area (Å²) in [5.74, 6) is -2.95. The van der Waals surface area contributed by atoms with Crippen molar-refractivity contribution in [2.75, 3.05) is 48.1 Å². The van der Waals surface area contributed by atoms with Crippen LogP contribution >= 0.6 is 0 Å². The van der Waals surface area contributed by atoms with Crippen molar-refractivity contribution in [3.05, 3.63) is 0 Å². The van der Waals surface area contributed by atoms with Crippen molar-refractivity contribution in [2.24, 2.45) is 23.7 Å². The van der Waals surface area contributed by atoms with E-state index in [4.69, 9.17) is 42.6 Å². The third-order valence-corrected chi connectivity index (χ3v) is 13.5. The maximum Gasteiger partial charge on any atom is 0.311 e. The molecule has 0 aliphatic carbocycles. The summed E-state index contributed by atoms with van der Waals surface area (Å²) in [6.45, 7) is 19.1. The highest BCUT2D eigenvalue weighted by molar-refractivity contribution is 5.73. The molecule has 5 N–H and O–H groups in total. The van der Waals surface area contributed by atoms with Gasteiger partial charge in [0.15, 0.2) is 12.6 Å². The lowest BCUT2D eigenvalue weighted by molar-refractivity contribution is -0.318. The molecule has 2 bridgehead atoms. The second-order valence-electron chi connectivity index (χ2n) is 18.6. The normalized spacial score (nSPS) is 48.7. The van der Waals surface area contributed by atoms with Crippen molar-refractivity contribution in [3.8, 4) is 0 Å². The van der Waals surface area contributed by atoms with Gasteiger partial charge in [0.25, 0.3) is 0 Å². The summed E-state index contributed by atoms with van der Waals surface area (Å²) in [4.78, 5) is 16.4. The SMILES string of the molecule is CC[C@@H]1OC(=O)[C@H](C)[C@H](O[C@@H]2C[C@](C)(OC)[C@H](O)[C@H](C)O2)[C@H](C)[C@H](O[C@@H]2O[C@H](C)C[C@H](N(C)C)[C@@H]2O)[C@](C)(O)C[C@H](C)[C@H]2N[C@H](COCCOC)O[C@@H]([C@@H]2C)[C@]1(C)O. The summed E-state index contributed by atoms with van der Waals surface area (Å²) in [7, 11) is 6.90. The lowest BCUT2D eigenvalue weighted by Crippen LogP contribution is -2.67. The zero-order valence-corrected chi connectivity index (χ0v) is 37.6. The minimum Gasteiger partial charge on any atom is -0.459 e. The number of cyclic esters (lactones) is 1. The second-order valence-corrected chi connectivity index (χ2v) is 18.6. The highest BCUT2D eigenvalue weighted by Gasteiger charge is 2.55. The molecule has 340 valence electrons. The summed E-state index contributed by atoms with van der Waals surface area (Å²) in [5.41, 5.74) is -4.27. The molecule has 0 radical (unpaired) electrons. The molecule has 4 heterocycles. The van der Waals surface area contributed by atoms with E-state index in [-0.39, 0.29) is 55.9 Å². The zero-order valence-electron chi connectivity index (χ0n) is 37.6. The summed E-state index contributed by atoms with van der Waals surface area (Å²) in [6.07, 6.45) is -8.29. The average Bonchev–Trinajstić information content (AvgIpc) is 3.15. The monoisotopic (exact) mass is 835 g/mol. The molecule has 0 aromatic rings. The Morgan fingerprint density at radius 2 is 1.59 bits per heavy atom. The molecule has 0 unspecified atom stereocenters. The van der Waals surface area contributed by atoms with Crippen molar-refractivity contribution in [3.63, 3.8) is 0 Å². The number of aliphatic hydroxyl groups is 4. The Morgan fingerprint density at radius 1 is 0.914 bits per heavy atom. The minimum atomic E-state index is -1.64. The van der Waals surface area contributed by atoms with Crippen LogP contribution in [-0.4, -0.2) is 176 Å². The molecule has 20 atom stereocenters. The van der Waals surface area contributed by atoms with Crippen LogP contribution in [0.25, 0.3) is 0 Å². The third-order valence-electron chi connectivity index (χ3n) is 13.5. The van der Waals surface area contributed by atoms with Gasteiger partial charge in [-0.1, -0.05) is 27.7 Å². The molecule has 0 aromatic heterocycles. The van der Waals surface area contributed by atoms with Crippen LogP contribution in [0.15, 0.2) is 0 Å². The Bertz CT molecular complexity index is 1290. The van der Waals surface area contributed by atoms with Crippen molar-refractivity contribution in [1.82, 2.24) is 10.2 Å². The maximum atomic E-state index is 14.5. The van der Waals surface area contributed by atoms with E-state index >= 15 is 0 Å². The van der Waals surface area contributed by atoms with Crippen LogP contribution in [0, 0.1) is 23.7 Å². The first kappa shape index (κ1) is 49.6. The first-order valence-electron chi connectivity index (χ1n) is 21.4. The second kappa shape index (κ2) is 20.4. The predicted molar refractivity (Wildman–Crippen MR) is 214 cm³/mol. The van der Waals surface area contributed by atoms with Gasteiger partial charge in [0.2, 0.25) is 0 Å². The molecule has 58 heavy (non-hydrogen) atoms. The van der Waals surface area contributed by atoms with Gasteiger partial charge in [-0.15, -0.1) is 0 Å². The molecule has 0 saturated carbocycles. The van der Waals surface area contributed by atoms with Gasteiger partial charge in [0.05, 0.1) is 67.5 Å². The summed E-state index contributed by atoms with van der Waals surface area (Å²) in [5, 5.41) is 51.5. The van der Waals surface area contributed by atoms with E-state index in [1.807, 2.05) is 53.6 Å². The molecular formula is C42H78N2O14. The number of hydrogen-bond donors (Lipinski definition) is 5. The maximum absolute atomic E-state index is 14.5. The van der Waals surface area contributed by atoms with E-state index < -0.39 is 96.1 Å². The van der Waals surface area contributed by atoms with Crippen molar-refractivity contribution < 1.29 is 67.9 Å². The smallest absolute Gasteiger partial charge is 0.311 e. The largest absolute Gasteiger partial charge is 0.459 e. The van der Waals surface area contributed by atoms with Gasteiger partial charge in [-0.05, 0) is 80.8 Å². The number of nitrogens with zero attached hydrogens (tertiary/aromatic N) is 1. The highest BCUT2D eigenvalue weighted by Crippen LogP contribution is 2.43. The number of esters is 1. The Labute approximate surface area is 346 Å². The van der Waals surface area contributed by atoms with E-state index in [9.17, 15) is 25.2 Å². The van der Waals surface area contributed by atoms with Crippen LogP contribution in [0.5, 0.6) is 0 Å². The number of hydrogen-bond acceptors (Lipinski definition) is 16. The average molecular weight is 835 g/mol. The summed E-state index contributed by atoms with van der Waals surface area (Å²) >= 11 is 0. The molecule has 4 rings (SSSR count). The van der Waals surface area contributed by atoms with E-state index in [1.54, 1.807) is 41.7 Å². The van der Waals surface area contributed by atoms with Crippen LogP contribution in [0.3, 0.4) is 0 Å². The number of carbonyl (C=O) groups excluding carboxylic acids is 1. The molecule has 4 aliphatic rings. The summed E-state index contributed by atoms with van der Waals surface area (Å²) in [6, 6.07) is -0.593. The molecule has 16 heteroatoms. The number of methoxy groups -OCH3 is 2. The van der Waals surface area contributed by atoms with Crippen LogP contribution in [0.4, 0.5) is 0 Å².